The molecule has 2 atom stereocenters. The third-order valence-corrected chi connectivity index (χ3v) is 5.84. The minimum atomic E-state index is -1.12. The smallest absolute Gasteiger partial charge is 0.410 e. The standard InChI is InChI=1S/C26H30ClFN2O5/c1-16-6-7-19(14-21(16)28)22(34-20-10-8-18(9-11-20)23(27)31)24(32)29-12-13-30(17(2)15-29)25(33)35-26(3,4)5/h6-11,14,17,22H,12-13,15H2,1-5H3/t17-,22-/m1/s1. The van der Waals surface area contributed by atoms with Gasteiger partial charge in [-0.2, -0.15) is 0 Å². The summed E-state index contributed by atoms with van der Waals surface area (Å²) >= 11 is 5.51. The molecule has 0 aromatic heterocycles. The first-order valence-corrected chi connectivity index (χ1v) is 11.7. The molecular formula is C26H30ClFN2O5. The number of nitrogens with zero attached hydrogens (tertiary/aromatic N) is 2. The number of halogens is 2. The van der Waals surface area contributed by atoms with Gasteiger partial charge in [0.05, 0.1) is 0 Å². The Bertz CT molecular complexity index is 1100. The van der Waals surface area contributed by atoms with E-state index >= 15 is 0 Å². The van der Waals surface area contributed by atoms with Crippen molar-refractivity contribution in [3.63, 3.8) is 0 Å². The minimum Gasteiger partial charge on any atom is -0.476 e. The first kappa shape index (κ1) is 26.5. The molecule has 35 heavy (non-hydrogen) atoms. The molecule has 2 amide bonds. The molecule has 0 N–H and O–H groups in total. The average Bonchev–Trinajstić information content (AvgIpc) is 2.78. The van der Waals surface area contributed by atoms with Gasteiger partial charge < -0.3 is 19.3 Å². The molecule has 2 aromatic carbocycles. The van der Waals surface area contributed by atoms with Gasteiger partial charge in [-0.15, -0.1) is 0 Å². The molecule has 3 rings (SSSR count). The SMILES string of the molecule is Cc1ccc([C@@H](Oc2ccc(C(=O)Cl)cc2)C(=O)N2CCN(C(=O)OC(C)(C)C)[C@H](C)C2)cc1F. The summed E-state index contributed by atoms with van der Waals surface area (Å²) < 4.78 is 25.8. The van der Waals surface area contributed by atoms with Crippen molar-refractivity contribution in [2.24, 2.45) is 0 Å². The second-order valence-electron chi connectivity index (χ2n) is 9.61. The van der Waals surface area contributed by atoms with E-state index in [0.717, 1.165) is 0 Å². The summed E-state index contributed by atoms with van der Waals surface area (Å²) in [4.78, 5) is 40.7. The Morgan fingerprint density at radius 3 is 2.29 bits per heavy atom. The Morgan fingerprint density at radius 1 is 1.09 bits per heavy atom. The predicted octanol–water partition coefficient (Wildman–Crippen LogP) is 5.10. The van der Waals surface area contributed by atoms with E-state index in [-0.39, 0.29) is 30.6 Å². The number of ether oxygens (including phenoxy) is 2. The van der Waals surface area contributed by atoms with Crippen LogP contribution in [0.2, 0.25) is 0 Å². The minimum absolute atomic E-state index is 0.270. The van der Waals surface area contributed by atoms with E-state index in [0.29, 0.717) is 23.4 Å². The second kappa shape index (κ2) is 10.6. The van der Waals surface area contributed by atoms with Crippen molar-refractivity contribution in [2.75, 3.05) is 19.6 Å². The molecule has 2 aromatic rings. The third kappa shape index (κ3) is 6.72. The number of amides is 2. The van der Waals surface area contributed by atoms with E-state index in [1.54, 1.807) is 49.6 Å². The quantitative estimate of drug-likeness (QED) is 0.529. The Hall–Kier alpha value is -3.13. The zero-order valence-electron chi connectivity index (χ0n) is 20.5. The lowest BCUT2D eigenvalue weighted by atomic mass is 10.0. The van der Waals surface area contributed by atoms with Crippen molar-refractivity contribution in [1.29, 1.82) is 0 Å². The van der Waals surface area contributed by atoms with Crippen molar-refractivity contribution in [2.45, 2.75) is 52.4 Å². The number of carbonyl (C=O) groups is 3. The topological polar surface area (TPSA) is 76.2 Å². The monoisotopic (exact) mass is 504 g/mol. The van der Waals surface area contributed by atoms with E-state index in [2.05, 4.69) is 0 Å². The van der Waals surface area contributed by atoms with E-state index in [1.165, 1.54) is 30.3 Å². The highest BCUT2D eigenvalue weighted by Crippen LogP contribution is 2.27. The van der Waals surface area contributed by atoms with Gasteiger partial charge in [-0.25, -0.2) is 9.18 Å². The van der Waals surface area contributed by atoms with E-state index in [1.807, 2.05) is 6.92 Å². The van der Waals surface area contributed by atoms with Crippen LogP contribution < -0.4 is 4.74 Å². The molecule has 0 saturated carbocycles. The molecule has 1 aliphatic rings. The summed E-state index contributed by atoms with van der Waals surface area (Å²) in [5, 5.41) is -0.610. The maximum absolute atomic E-state index is 14.4. The zero-order valence-corrected chi connectivity index (χ0v) is 21.3. The number of carbonyl (C=O) groups excluding carboxylic acids is 3. The first-order valence-electron chi connectivity index (χ1n) is 11.4. The Labute approximate surface area is 209 Å². The highest BCUT2D eigenvalue weighted by molar-refractivity contribution is 6.67. The molecule has 9 heteroatoms. The van der Waals surface area contributed by atoms with Crippen molar-refractivity contribution >= 4 is 28.8 Å². The van der Waals surface area contributed by atoms with Crippen LogP contribution in [-0.4, -0.2) is 58.3 Å². The molecule has 1 fully saturated rings. The molecule has 0 unspecified atom stereocenters. The van der Waals surface area contributed by atoms with Crippen LogP contribution in [0.25, 0.3) is 0 Å². The summed E-state index contributed by atoms with van der Waals surface area (Å²) in [7, 11) is 0. The van der Waals surface area contributed by atoms with Crippen molar-refractivity contribution in [1.82, 2.24) is 9.80 Å². The fraction of sp³-hybridized carbons (Fsp3) is 0.423. The van der Waals surface area contributed by atoms with Gasteiger partial charge in [-0.1, -0.05) is 12.1 Å². The largest absolute Gasteiger partial charge is 0.476 e. The van der Waals surface area contributed by atoms with Crippen LogP contribution >= 0.6 is 11.6 Å². The normalized spacial score (nSPS) is 17.1. The van der Waals surface area contributed by atoms with Crippen LogP contribution in [0.1, 0.15) is 55.3 Å². The van der Waals surface area contributed by atoms with E-state index in [4.69, 9.17) is 21.1 Å². The molecule has 188 valence electrons. The van der Waals surface area contributed by atoms with Gasteiger partial charge in [-0.3, -0.25) is 9.59 Å². The molecule has 0 radical (unpaired) electrons. The number of piperazine rings is 1. The van der Waals surface area contributed by atoms with E-state index < -0.39 is 28.9 Å². The summed E-state index contributed by atoms with van der Waals surface area (Å²) in [6.45, 7) is 9.71. The number of hydrogen-bond donors (Lipinski definition) is 0. The molecule has 1 saturated heterocycles. The van der Waals surface area contributed by atoms with Gasteiger partial charge in [0.2, 0.25) is 6.10 Å². The fourth-order valence-corrected chi connectivity index (χ4v) is 3.88. The lowest BCUT2D eigenvalue weighted by molar-refractivity contribution is -0.142. The summed E-state index contributed by atoms with van der Waals surface area (Å²) in [6, 6.07) is 10.3. The zero-order chi connectivity index (χ0) is 25.9. The number of hydrogen-bond acceptors (Lipinski definition) is 5. The van der Waals surface area contributed by atoms with Gasteiger partial charge >= 0.3 is 6.09 Å². The number of aryl methyl sites for hydroxylation is 1. The molecule has 1 aliphatic heterocycles. The Kier molecular flexibility index (Phi) is 8.05. The highest BCUT2D eigenvalue weighted by atomic mass is 35.5. The van der Waals surface area contributed by atoms with Gasteiger partial charge in [0, 0.05) is 36.8 Å². The van der Waals surface area contributed by atoms with Crippen LogP contribution in [0, 0.1) is 12.7 Å². The molecule has 0 bridgehead atoms. The Balaban J connectivity index is 1.82. The maximum Gasteiger partial charge on any atom is 0.410 e. The van der Waals surface area contributed by atoms with Gasteiger partial charge in [0.15, 0.2) is 0 Å². The first-order chi connectivity index (χ1) is 16.4. The average molecular weight is 505 g/mol. The summed E-state index contributed by atoms with van der Waals surface area (Å²) in [6.07, 6.45) is -1.55. The van der Waals surface area contributed by atoms with Crippen LogP contribution in [0.15, 0.2) is 42.5 Å². The summed E-state index contributed by atoms with van der Waals surface area (Å²) in [5.74, 6) is -0.483. The number of rotatable bonds is 5. The van der Waals surface area contributed by atoms with E-state index in [9.17, 15) is 18.8 Å². The van der Waals surface area contributed by atoms with Crippen molar-refractivity contribution in [3.8, 4) is 5.75 Å². The lowest BCUT2D eigenvalue weighted by Crippen LogP contribution is -2.57. The number of benzene rings is 2. The van der Waals surface area contributed by atoms with Crippen LogP contribution in [0.4, 0.5) is 9.18 Å². The van der Waals surface area contributed by atoms with Crippen LogP contribution in [-0.2, 0) is 9.53 Å². The van der Waals surface area contributed by atoms with Crippen LogP contribution in [0.5, 0.6) is 5.75 Å². The van der Waals surface area contributed by atoms with Gasteiger partial charge in [0.1, 0.15) is 17.2 Å². The molecular weight excluding hydrogens is 475 g/mol. The molecule has 1 heterocycles. The second-order valence-corrected chi connectivity index (χ2v) is 9.95. The van der Waals surface area contributed by atoms with Crippen molar-refractivity contribution in [3.05, 3.63) is 65.0 Å². The van der Waals surface area contributed by atoms with Crippen LogP contribution in [0.3, 0.4) is 0 Å². The van der Waals surface area contributed by atoms with Crippen molar-refractivity contribution < 1.29 is 28.2 Å². The third-order valence-electron chi connectivity index (χ3n) is 5.63. The predicted molar refractivity (Wildman–Crippen MR) is 130 cm³/mol. The molecule has 0 aliphatic carbocycles. The maximum atomic E-state index is 14.4. The lowest BCUT2D eigenvalue weighted by Gasteiger charge is -2.41. The van der Waals surface area contributed by atoms with Gasteiger partial charge in [0.25, 0.3) is 11.1 Å². The molecule has 0 spiro atoms. The van der Waals surface area contributed by atoms with Gasteiger partial charge in [-0.05, 0) is 82.1 Å². The fourth-order valence-electron chi connectivity index (χ4n) is 3.75. The Morgan fingerprint density at radius 2 is 1.74 bits per heavy atom. The molecule has 7 nitrogen and oxygen atoms in total. The highest BCUT2D eigenvalue weighted by Gasteiger charge is 2.36. The summed E-state index contributed by atoms with van der Waals surface area (Å²) in [5.41, 5.74) is 0.472.